The summed E-state index contributed by atoms with van der Waals surface area (Å²) in [6.45, 7) is 8.20. The van der Waals surface area contributed by atoms with Gasteiger partial charge in [-0.2, -0.15) is 0 Å². The van der Waals surface area contributed by atoms with E-state index in [1.165, 1.54) is 0 Å². The first kappa shape index (κ1) is 24.7. The number of halogens is 1. The number of nitrogens with one attached hydrogen (secondary N) is 3. The molecule has 190 valence electrons. The Bertz CT molecular complexity index is 1240. The zero-order chi connectivity index (χ0) is 25.1. The van der Waals surface area contributed by atoms with Crippen LogP contribution in [0.3, 0.4) is 0 Å². The van der Waals surface area contributed by atoms with Crippen molar-refractivity contribution in [2.45, 2.75) is 32.7 Å². The minimum atomic E-state index is -0.541. The van der Waals surface area contributed by atoms with Crippen LogP contribution in [0.4, 0.5) is 15.8 Å². The average molecular weight is 492 g/mol. The number of hydrogen-bond donors (Lipinski definition) is 3. The maximum atomic E-state index is 15.9. The Morgan fingerprint density at radius 2 is 2.06 bits per heavy atom. The van der Waals surface area contributed by atoms with Crippen LogP contribution < -0.4 is 21.6 Å². The first-order valence-electron chi connectivity index (χ1n) is 12.9. The molecule has 1 aliphatic heterocycles. The first-order chi connectivity index (χ1) is 17.5. The summed E-state index contributed by atoms with van der Waals surface area (Å²) in [5.41, 5.74) is 6.49. The van der Waals surface area contributed by atoms with Gasteiger partial charge in [0.15, 0.2) is 5.82 Å². The third-order valence-electron chi connectivity index (χ3n) is 7.01. The highest BCUT2D eigenvalue weighted by atomic mass is 19.1. The molecule has 1 saturated heterocycles. The number of carbonyl (C=O) groups excluding carboxylic acids is 1. The highest BCUT2D eigenvalue weighted by Gasteiger charge is 2.25. The molecule has 0 atom stereocenters. The van der Waals surface area contributed by atoms with Gasteiger partial charge in [-0.3, -0.25) is 9.63 Å². The standard InChI is InChI=1S/C26H34BFN6O2/c1-17-13-19(27)5-6-21(17)31-24-20(26(35)32-36-15-18-3-4-18)14-22-25(23(24)28)30-16-34(22)10-2-9-33-11-7-29-8-12-33/h5-6,13-14,16,18,29,31H,2-4,7-12,15,27H2,1H3,(H,32,35). The quantitative estimate of drug-likeness (QED) is 0.296. The van der Waals surface area contributed by atoms with Gasteiger partial charge in [-0.25, -0.2) is 14.9 Å². The van der Waals surface area contributed by atoms with Crippen LogP contribution in [0.15, 0.2) is 30.6 Å². The summed E-state index contributed by atoms with van der Waals surface area (Å²) in [6.07, 6.45) is 4.81. The summed E-state index contributed by atoms with van der Waals surface area (Å²) in [7, 11) is 2.01. The molecule has 0 spiro atoms. The molecule has 0 radical (unpaired) electrons. The Hall–Kier alpha value is -2.95. The third-order valence-corrected chi connectivity index (χ3v) is 7.01. The number of hydrogen-bond acceptors (Lipinski definition) is 6. The number of piperazine rings is 1. The van der Waals surface area contributed by atoms with Crippen molar-refractivity contribution in [1.82, 2.24) is 25.2 Å². The molecule has 1 aliphatic carbocycles. The fourth-order valence-electron chi connectivity index (χ4n) is 4.69. The second kappa shape index (κ2) is 11.0. The van der Waals surface area contributed by atoms with Gasteiger partial charge in [-0.15, -0.1) is 0 Å². The lowest BCUT2D eigenvalue weighted by Gasteiger charge is -2.27. The van der Waals surface area contributed by atoms with E-state index in [1.54, 1.807) is 12.4 Å². The van der Waals surface area contributed by atoms with Crippen LogP contribution in [0.25, 0.3) is 11.0 Å². The van der Waals surface area contributed by atoms with Crippen molar-refractivity contribution >= 4 is 41.6 Å². The molecule has 0 unspecified atom stereocenters. The van der Waals surface area contributed by atoms with Crippen LogP contribution in [0.5, 0.6) is 0 Å². The Kier molecular flexibility index (Phi) is 7.55. The van der Waals surface area contributed by atoms with Crippen LogP contribution in [-0.2, 0) is 11.4 Å². The molecule has 2 fully saturated rings. The van der Waals surface area contributed by atoms with E-state index >= 15 is 4.39 Å². The van der Waals surface area contributed by atoms with Gasteiger partial charge < -0.3 is 20.1 Å². The van der Waals surface area contributed by atoms with E-state index in [-0.39, 0.29) is 16.8 Å². The summed E-state index contributed by atoms with van der Waals surface area (Å²) in [5, 5.41) is 6.53. The van der Waals surface area contributed by atoms with E-state index in [1.807, 2.05) is 37.5 Å². The second-order valence-electron chi connectivity index (χ2n) is 9.99. The molecule has 0 bridgehead atoms. The van der Waals surface area contributed by atoms with Crippen molar-refractivity contribution < 1.29 is 14.0 Å². The molecule has 10 heteroatoms. The number of fused-ring (bicyclic) bond motifs is 1. The lowest BCUT2D eigenvalue weighted by molar-refractivity contribution is 0.0271. The number of nitrogens with zero attached hydrogens (tertiary/aromatic N) is 3. The molecule has 36 heavy (non-hydrogen) atoms. The average Bonchev–Trinajstić information content (AvgIpc) is 3.61. The molecule has 2 heterocycles. The van der Waals surface area contributed by atoms with Crippen LogP contribution in [0, 0.1) is 18.7 Å². The number of imidazole rings is 1. The van der Waals surface area contributed by atoms with E-state index in [9.17, 15) is 4.79 Å². The molecular formula is C26H34BFN6O2. The van der Waals surface area contributed by atoms with Gasteiger partial charge in [0.05, 0.1) is 29.7 Å². The summed E-state index contributed by atoms with van der Waals surface area (Å²) < 4.78 is 17.8. The van der Waals surface area contributed by atoms with Crippen molar-refractivity contribution in [3.63, 3.8) is 0 Å². The Morgan fingerprint density at radius 1 is 1.25 bits per heavy atom. The summed E-state index contributed by atoms with van der Waals surface area (Å²) >= 11 is 0. The number of amides is 1. The predicted molar refractivity (Wildman–Crippen MR) is 142 cm³/mol. The third kappa shape index (κ3) is 5.72. The van der Waals surface area contributed by atoms with Crippen molar-refractivity contribution in [2.24, 2.45) is 5.92 Å². The second-order valence-corrected chi connectivity index (χ2v) is 9.99. The minimum absolute atomic E-state index is 0.105. The maximum Gasteiger partial charge on any atom is 0.277 e. The largest absolute Gasteiger partial charge is 0.352 e. The van der Waals surface area contributed by atoms with Crippen molar-refractivity contribution in [1.29, 1.82) is 0 Å². The van der Waals surface area contributed by atoms with E-state index in [2.05, 4.69) is 26.0 Å². The highest BCUT2D eigenvalue weighted by molar-refractivity contribution is 6.32. The number of rotatable bonds is 10. The normalized spacial score (nSPS) is 16.4. The van der Waals surface area contributed by atoms with Gasteiger partial charge >= 0.3 is 0 Å². The van der Waals surface area contributed by atoms with E-state index in [0.717, 1.165) is 68.7 Å². The Balaban J connectivity index is 1.42. The van der Waals surface area contributed by atoms with Crippen LogP contribution in [-0.4, -0.2) is 67.5 Å². The number of aromatic nitrogens is 2. The number of benzene rings is 2. The van der Waals surface area contributed by atoms with Crippen molar-refractivity contribution in [2.75, 3.05) is 44.6 Å². The van der Waals surface area contributed by atoms with Gasteiger partial charge in [0.1, 0.15) is 13.4 Å². The van der Waals surface area contributed by atoms with Gasteiger partial charge in [0, 0.05) is 38.4 Å². The molecule has 2 aromatic carbocycles. The summed E-state index contributed by atoms with van der Waals surface area (Å²) in [4.78, 5) is 25.4. The fourth-order valence-corrected chi connectivity index (χ4v) is 4.69. The highest BCUT2D eigenvalue weighted by Crippen LogP contribution is 2.32. The van der Waals surface area contributed by atoms with Crippen LogP contribution in [0.1, 0.15) is 35.2 Å². The molecule has 1 amide bonds. The molecule has 3 N–H and O–H groups in total. The van der Waals surface area contributed by atoms with Gasteiger partial charge in [-0.1, -0.05) is 17.6 Å². The number of hydroxylamine groups is 1. The smallest absolute Gasteiger partial charge is 0.277 e. The molecule has 5 rings (SSSR count). The zero-order valence-electron chi connectivity index (χ0n) is 21.1. The minimum Gasteiger partial charge on any atom is -0.352 e. The van der Waals surface area contributed by atoms with Crippen molar-refractivity contribution in [3.8, 4) is 0 Å². The molecule has 3 aromatic rings. The monoisotopic (exact) mass is 492 g/mol. The molecule has 2 aliphatic rings. The fraction of sp³-hybridized carbons (Fsp3) is 0.462. The van der Waals surface area contributed by atoms with Crippen LogP contribution >= 0.6 is 0 Å². The Morgan fingerprint density at radius 3 is 2.81 bits per heavy atom. The SMILES string of the molecule is Bc1ccc(Nc2c(C(=O)NOCC3CC3)cc3c(ncn3CCCN3CCNCC3)c2F)c(C)c1. The number of aryl methyl sites for hydroxylation is 2. The number of anilines is 2. The molecule has 1 aromatic heterocycles. The summed E-state index contributed by atoms with van der Waals surface area (Å²) in [6, 6.07) is 7.59. The van der Waals surface area contributed by atoms with Gasteiger partial charge in [0.25, 0.3) is 5.91 Å². The van der Waals surface area contributed by atoms with Gasteiger partial charge in [0.2, 0.25) is 0 Å². The zero-order valence-corrected chi connectivity index (χ0v) is 21.1. The first-order valence-corrected chi connectivity index (χ1v) is 12.9. The van der Waals surface area contributed by atoms with E-state index in [0.29, 0.717) is 24.6 Å². The predicted octanol–water partition coefficient (Wildman–Crippen LogP) is 1.85. The topological polar surface area (TPSA) is 83.5 Å². The van der Waals surface area contributed by atoms with E-state index < -0.39 is 11.7 Å². The molecular weight excluding hydrogens is 458 g/mol. The molecule has 8 nitrogen and oxygen atoms in total. The maximum absolute atomic E-state index is 15.9. The molecule has 1 saturated carbocycles. The van der Waals surface area contributed by atoms with Gasteiger partial charge in [-0.05, 0) is 56.3 Å². The lowest BCUT2D eigenvalue weighted by Crippen LogP contribution is -2.43. The Labute approximate surface area is 211 Å². The summed E-state index contributed by atoms with van der Waals surface area (Å²) in [5.74, 6) is -0.521. The van der Waals surface area contributed by atoms with Crippen LogP contribution in [0.2, 0.25) is 0 Å². The van der Waals surface area contributed by atoms with Crippen molar-refractivity contribution in [3.05, 3.63) is 47.5 Å². The van der Waals surface area contributed by atoms with E-state index in [4.69, 9.17) is 4.84 Å². The number of carbonyl (C=O) groups is 1. The lowest BCUT2D eigenvalue weighted by atomic mass is 9.94.